The Morgan fingerprint density at radius 3 is 2.38 bits per heavy atom. The van der Waals surface area contributed by atoms with Gasteiger partial charge in [-0.1, -0.05) is 53.9 Å². The molecule has 0 saturated heterocycles. The molecule has 0 radical (unpaired) electrons. The Bertz CT molecular complexity index is 841. The van der Waals surface area contributed by atoms with Crippen molar-refractivity contribution in [2.24, 2.45) is 0 Å². The second kappa shape index (κ2) is 11.3. The number of benzene rings is 2. The lowest BCUT2D eigenvalue weighted by molar-refractivity contribution is -0.142. The summed E-state index contributed by atoms with van der Waals surface area (Å²) in [4.78, 5) is 26.9. The predicted octanol–water partition coefficient (Wildman–Crippen LogP) is 4.97. The number of nitrogens with one attached hydrogen (secondary N) is 1. The number of halogens is 3. The molecular formula is C21H23Cl3N2O3. The third-order valence-corrected chi connectivity index (χ3v) is 5.21. The molecule has 0 aromatic heterocycles. The predicted molar refractivity (Wildman–Crippen MR) is 117 cm³/mol. The first-order chi connectivity index (χ1) is 13.8. The molecule has 0 fully saturated rings. The van der Waals surface area contributed by atoms with Crippen LogP contribution in [-0.2, 0) is 16.1 Å². The van der Waals surface area contributed by atoms with Crippen LogP contribution >= 0.6 is 34.8 Å². The Kier molecular flexibility index (Phi) is 9.08. The van der Waals surface area contributed by atoms with Gasteiger partial charge in [-0.05, 0) is 43.7 Å². The topological polar surface area (TPSA) is 58.6 Å². The fourth-order valence-electron chi connectivity index (χ4n) is 2.62. The summed E-state index contributed by atoms with van der Waals surface area (Å²) in [6.07, 6.45) is 0.792. The minimum absolute atomic E-state index is 0.0803. The van der Waals surface area contributed by atoms with Crippen LogP contribution in [-0.4, -0.2) is 35.9 Å². The zero-order valence-corrected chi connectivity index (χ0v) is 18.5. The van der Waals surface area contributed by atoms with Gasteiger partial charge >= 0.3 is 0 Å². The normalized spacial score (nSPS) is 11.6. The molecule has 8 heteroatoms. The van der Waals surface area contributed by atoms with E-state index in [-0.39, 0.29) is 25.0 Å². The Morgan fingerprint density at radius 2 is 1.76 bits per heavy atom. The number of carbonyl (C=O) groups is 2. The Balaban J connectivity index is 2.20. The average Bonchev–Trinajstić information content (AvgIpc) is 2.69. The molecule has 0 unspecified atom stereocenters. The van der Waals surface area contributed by atoms with Crippen LogP contribution in [0.25, 0.3) is 0 Å². The van der Waals surface area contributed by atoms with Crippen molar-refractivity contribution in [1.82, 2.24) is 10.2 Å². The summed E-state index contributed by atoms with van der Waals surface area (Å²) >= 11 is 18.5. The van der Waals surface area contributed by atoms with E-state index in [1.54, 1.807) is 49.4 Å². The van der Waals surface area contributed by atoms with Crippen LogP contribution in [0.15, 0.2) is 42.5 Å². The molecule has 0 bridgehead atoms. The molecule has 5 nitrogen and oxygen atoms in total. The van der Waals surface area contributed by atoms with Gasteiger partial charge in [0.1, 0.15) is 11.8 Å². The summed E-state index contributed by atoms with van der Waals surface area (Å²) < 4.78 is 5.57. The average molecular weight is 458 g/mol. The molecule has 0 aliphatic heterocycles. The third-order valence-electron chi connectivity index (χ3n) is 4.27. The molecule has 1 atom stereocenters. The van der Waals surface area contributed by atoms with E-state index in [4.69, 9.17) is 39.5 Å². The SMILES string of the molecule is CCCNC(=O)[C@@H](C)N(Cc1c(Cl)cccc1Cl)C(=O)COc1cccc(Cl)c1. The zero-order valence-electron chi connectivity index (χ0n) is 16.3. The van der Waals surface area contributed by atoms with Crippen LogP contribution in [0.4, 0.5) is 0 Å². The van der Waals surface area contributed by atoms with Crippen molar-refractivity contribution in [1.29, 1.82) is 0 Å². The molecule has 2 aromatic carbocycles. The number of hydrogen-bond donors (Lipinski definition) is 1. The quantitative estimate of drug-likeness (QED) is 0.578. The van der Waals surface area contributed by atoms with E-state index >= 15 is 0 Å². The van der Waals surface area contributed by atoms with Crippen molar-refractivity contribution in [2.45, 2.75) is 32.9 Å². The van der Waals surface area contributed by atoms with E-state index in [0.29, 0.717) is 32.9 Å². The van der Waals surface area contributed by atoms with Crippen LogP contribution in [0.3, 0.4) is 0 Å². The summed E-state index contributed by atoms with van der Waals surface area (Å²) in [5.41, 5.74) is 0.571. The van der Waals surface area contributed by atoms with Gasteiger partial charge in [0, 0.05) is 33.7 Å². The van der Waals surface area contributed by atoms with E-state index < -0.39 is 6.04 Å². The first kappa shape index (κ1) is 23.3. The van der Waals surface area contributed by atoms with Gasteiger partial charge in [-0.3, -0.25) is 9.59 Å². The van der Waals surface area contributed by atoms with Crippen molar-refractivity contribution in [3.05, 3.63) is 63.1 Å². The Labute approximate surface area is 185 Å². The summed E-state index contributed by atoms with van der Waals surface area (Å²) in [6.45, 7) is 3.96. The number of nitrogens with zero attached hydrogens (tertiary/aromatic N) is 1. The van der Waals surface area contributed by atoms with Gasteiger partial charge in [0.15, 0.2) is 6.61 Å². The molecule has 0 spiro atoms. The first-order valence-electron chi connectivity index (χ1n) is 9.22. The highest BCUT2D eigenvalue weighted by atomic mass is 35.5. The van der Waals surface area contributed by atoms with Gasteiger partial charge in [0.2, 0.25) is 5.91 Å². The molecule has 1 N–H and O–H groups in total. The smallest absolute Gasteiger partial charge is 0.261 e. The number of rotatable bonds is 9. The fraction of sp³-hybridized carbons (Fsp3) is 0.333. The van der Waals surface area contributed by atoms with Crippen molar-refractivity contribution in [3.8, 4) is 5.75 Å². The van der Waals surface area contributed by atoms with Crippen LogP contribution in [0.1, 0.15) is 25.8 Å². The maximum atomic E-state index is 12.9. The largest absolute Gasteiger partial charge is 0.484 e. The number of carbonyl (C=O) groups excluding carboxylic acids is 2. The van der Waals surface area contributed by atoms with E-state index in [1.165, 1.54) is 4.90 Å². The minimum atomic E-state index is -0.732. The number of amides is 2. The van der Waals surface area contributed by atoms with Gasteiger partial charge in [-0.2, -0.15) is 0 Å². The van der Waals surface area contributed by atoms with Gasteiger partial charge in [0.05, 0.1) is 0 Å². The molecule has 156 valence electrons. The molecule has 29 heavy (non-hydrogen) atoms. The maximum Gasteiger partial charge on any atom is 0.261 e. The molecular weight excluding hydrogens is 435 g/mol. The van der Waals surface area contributed by atoms with Crippen LogP contribution in [0.2, 0.25) is 15.1 Å². The van der Waals surface area contributed by atoms with Gasteiger partial charge < -0.3 is 15.0 Å². The fourth-order valence-corrected chi connectivity index (χ4v) is 3.31. The highest BCUT2D eigenvalue weighted by Crippen LogP contribution is 2.26. The second-order valence-corrected chi connectivity index (χ2v) is 7.69. The molecule has 0 aliphatic carbocycles. The summed E-state index contributed by atoms with van der Waals surface area (Å²) in [6, 6.07) is 11.1. The second-order valence-electron chi connectivity index (χ2n) is 6.43. The van der Waals surface area contributed by atoms with E-state index in [2.05, 4.69) is 5.32 Å². The lowest BCUT2D eigenvalue weighted by Gasteiger charge is -2.29. The molecule has 2 aromatic rings. The van der Waals surface area contributed by atoms with Crippen LogP contribution < -0.4 is 10.1 Å². The molecule has 2 amide bonds. The third kappa shape index (κ3) is 6.81. The summed E-state index contributed by atoms with van der Waals surface area (Å²) in [7, 11) is 0. The van der Waals surface area contributed by atoms with Crippen molar-refractivity contribution in [2.75, 3.05) is 13.2 Å². The first-order valence-corrected chi connectivity index (χ1v) is 10.3. The zero-order chi connectivity index (χ0) is 21.4. The summed E-state index contributed by atoms with van der Waals surface area (Å²) in [5, 5.41) is 4.16. The van der Waals surface area contributed by atoms with Gasteiger partial charge in [-0.25, -0.2) is 0 Å². The van der Waals surface area contributed by atoms with E-state index in [1.807, 2.05) is 6.92 Å². The van der Waals surface area contributed by atoms with Gasteiger partial charge in [0.25, 0.3) is 5.91 Å². The highest BCUT2D eigenvalue weighted by molar-refractivity contribution is 6.36. The molecule has 0 heterocycles. The minimum Gasteiger partial charge on any atom is -0.484 e. The van der Waals surface area contributed by atoms with Crippen LogP contribution in [0.5, 0.6) is 5.75 Å². The van der Waals surface area contributed by atoms with Crippen molar-refractivity contribution >= 4 is 46.6 Å². The van der Waals surface area contributed by atoms with Crippen molar-refractivity contribution < 1.29 is 14.3 Å². The lowest BCUT2D eigenvalue weighted by atomic mass is 10.1. The maximum absolute atomic E-state index is 12.9. The van der Waals surface area contributed by atoms with E-state index in [0.717, 1.165) is 6.42 Å². The standard InChI is InChI=1S/C21H23Cl3N2O3/c1-3-10-25-21(28)14(2)26(12-17-18(23)8-5-9-19(17)24)20(27)13-29-16-7-4-6-15(22)11-16/h4-9,11,14H,3,10,12-13H2,1-2H3,(H,25,28)/t14-/m1/s1. The molecule has 0 saturated carbocycles. The number of ether oxygens (including phenoxy) is 1. The lowest BCUT2D eigenvalue weighted by Crippen LogP contribution is -2.49. The molecule has 0 aliphatic rings. The van der Waals surface area contributed by atoms with Crippen LogP contribution in [0, 0.1) is 0 Å². The summed E-state index contributed by atoms with van der Waals surface area (Å²) in [5.74, 6) is -0.170. The Hall–Kier alpha value is -1.95. The van der Waals surface area contributed by atoms with E-state index in [9.17, 15) is 9.59 Å². The van der Waals surface area contributed by atoms with Gasteiger partial charge in [-0.15, -0.1) is 0 Å². The Morgan fingerprint density at radius 1 is 1.10 bits per heavy atom. The number of hydrogen-bond acceptors (Lipinski definition) is 3. The molecule has 2 rings (SSSR count). The van der Waals surface area contributed by atoms with Crippen molar-refractivity contribution in [3.63, 3.8) is 0 Å². The highest BCUT2D eigenvalue weighted by Gasteiger charge is 2.27. The monoisotopic (exact) mass is 456 g/mol.